The zero-order chi connectivity index (χ0) is 7.65. The molecule has 0 amide bonds. The summed E-state index contributed by atoms with van der Waals surface area (Å²) in [5.74, 6) is -0.192. The first kappa shape index (κ1) is 10.3. The first-order valence-corrected chi connectivity index (χ1v) is 4.99. The van der Waals surface area contributed by atoms with E-state index in [0.717, 1.165) is 0 Å². The van der Waals surface area contributed by atoms with Crippen LogP contribution in [0.2, 0.25) is 0 Å². The molecule has 0 fully saturated rings. The molecule has 0 bridgehead atoms. The lowest BCUT2D eigenvalue weighted by Crippen LogP contribution is -2.15. The molecule has 1 nitrogen and oxygen atoms in total. The first-order valence-electron chi connectivity index (χ1n) is 1.81. The van der Waals surface area contributed by atoms with Crippen molar-refractivity contribution in [2.24, 2.45) is 0 Å². The number of rotatable bonds is 1. The molecule has 0 unspecified atom stereocenters. The van der Waals surface area contributed by atoms with E-state index in [1.807, 2.05) is 0 Å². The van der Waals surface area contributed by atoms with Gasteiger partial charge in [0.1, 0.15) is 0 Å². The largest absolute Gasteiger partial charge is 0.290 e. The van der Waals surface area contributed by atoms with Crippen molar-refractivity contribution < 1.29 is 4.79 Å². The van der Waals surface area contributed by atoms with E-state index in [9.17, 15) is 4.79 Å². The van der Waals surface area contributed by atoms with Crippen LogP contribution in [-0.2, 0) is 4.79 Å². The number of allylic oxidation sites excluding steroid dienone is 1. The maximum Gasteiger partial charge on any atom is 0.207 e. The Bertz CT molecular complexity index is 145. The Kier molecular flexibility index (Phi) is 4.18. The molecule has 5 heteroatoms. The monoisotopic (exact) mass is 382 g/mol. The normalized spacial score (nSPS) is 11.1. The molecule has 0 atom stereocenters. The molecule has 0 rings (SSSR count). The van der Waals surface area contributed by atoms with Crippen LogP contribution in [0.15, 0.2) is 11.1 Å². The van der Waals surface area contributed by atoms with E-state index in [4.69, 9.17) is 0 Å². The molecule has 9 heavy (non-hydrogen) atoms. The zero-order valence-electron chi connectivity index (χ0n) is 4.13. The minimum Gasteiger partial charge on any atom is -0.290 e. The van der Waals surface area contributed by atoms with Crippen LogP contribution < -0.4 is 0 Å². The van der Waals surface area contributed by atoms with Crippen LogP contribution in [0.4, 0.5) is 0 Å². The van der Waals surface area contributed by atoms with E-state index in [2.05, 4.69) is 70.3 Å². The summed E-state index contributed by atoms with van der Waals surface area (Å²) in [6.07, 6.45) is 0. The molecule has 0 heterocycles. The third kappa shape index (κ3) is 3.91. The van der Waals surface area contributed by atoms with Crippen molar-refractivity contribution in [1.29, 1.82) is 0 Å². The summed E-state index contributed by atoms with van der Waals surface area (Å²) >= 11 is 12.1. The van der Waals surface area contributed by atoms with Gasteiger partial charge in [0.05, 0.1) is 4.48 Å². The summed E-state index contributed by atoms with van der Waals surface area (Å²) in [4.78, 5) is 10.9. The van der Waals surface area contributed by atoms with E-state index >= 15 is 0 Å². The molecule has 0 aromatic heterocycles. The van der Waals surface area contributed by atoms with Crippen LogP contribution in [0.25, 0.3) is 0 Å². The molecule has 0 saturated heterocycles. The molecule has 0 aliphatic carbocycles. The standard InChI is InChI=1S/C4H2Br4O/c1-2(5)3(9)4(6,7)8/h1H2. The van der Waals surface area contributed by atoms with Crippen molar-refractivity contribution in [3.8, 4) is 0 Å². The van der Waals surface area contributed by atoms with E-state index in [1.165, 1.54) is 0 Å². The first-order chi connectivity index (χ1) is 3.85. The van der Waals surface area contributed by atoms with Crippen LogP contribution >= 0.6 is 63.7 Å². The number of ketones is 1. The van der Waals surface area contributed by atoms with Crippen LogP contribution in [0.5, 0.6) is 0 Å². The summed E-state index contributed by atoms with van der Waals surface area (Å²) in [7, 11) is 0. The van der Waals surface area contributed by atoms with E-state index in [0.29, 0.717) is 4.48 Å². The number of carbonyl (C=O) groups is 1. The highest BCUT2D eigenvalue weighted by molar-refractivity contribution is 9.40. The lowest BCUT2D eigenvalue weighted by atomic mass is 10.4. The van der Waals surface area contributed by atoms with Crippen LogP contribution in [0.3, 0.4) is 0 Å². The van der Waals surface area contributed by atoms with Gasteiger partial charge >= 0.3 is 0 Å². The van der Waals surface area contributed by atoms with E-state index < -0.39 is 2.14 Å². The fraction of sp³-hybridized carbons (Fsp3) is 0.250. The Morgan fingerprint density at radius 2 is 1.67 bits per heavy atom. The molecule has 0 aromatic rings. The second-order valence-corrected chi connectivity index (χ2v) is 8.95. The lowest BCUT2D eigenvalue weighted by molar-refractivity contribution is -0.113. The maximum absolute atomic E-state index is 10.9. The molecule has 0 aliphatic rings. The van der Waals surface area contributed by atoms with Gasteiger partial charge in [0.2, 0.25) is 5.78 Å². The molecular weight excluding hydrogens is 384 g/mol. The smallest absolute Gasteiger partial charge is 0.207 e. The molecular formula is C4H2Br4O. The SMILES string of the molecule is C=C(Br)C(=O)C(Br)(Br)Br. The highest BCUT2D eigenvalue weighted by Crippen LogP contribution is 2.37. The van der Waals surface area contributed by atoms with Gasteiger partial charge in [-0.15, -0.1) is 0 Å². The molecule has 0 saturated carbocycles. The molecule has 0 aromatic carbocycles. The molecule has 0 radical (unpaired) electrons. The lowest BCUT2D eigenvalue weighted by Gasteiger charge is -2.07. The zero-order valence-corrected chi connectivity index (χ0v) is 10.5. The highest BCUT2D eigenvalue weighted by atomic mass is 80.0. The van der Waals surface area contributed by atoms with Gasteiger partial charge in [-0.1, -0.05) is 54.4 Å². The topological polar surface area (TPSA) is 17.1 Å². The highest BCUT2D eigenvalue weighted by Gasteiger charge is 2.29. The number of carbonyl (C=O) groups excluding carboxylic acids is 1. The Hall–Kier alpha value is 1.33. The summed E-state index contributed by atoms with van der Waals surface area (Å²) in [6.45, 7) is 3.40. The molecule has 0 N–H and O–H groups in total. The number of halogens is 4. The van der Waals surface area contributed by atoms with Gasteiger partial charge in [0, 0.05) is 0 Å². The number of hydrogen-bond acceptors (Lipinski definition) is 1. The van der Waals surface area contributed by atoms with Crippen molar-refractivity contribution >= 4 is 69.5 Å². The quantitative estimate of drug-likeness (QED) is 0.500. The van der Waals surface area contributed by atoms with Crippen molar-refractivity contribution in [3.05, 3.63) is 11.1 Å². The van der Waals surface area contributed by atoms with Gasteiger partial charge in [0.15, 0.2) is 2.14 Å². The molecule has 0 spiro atoms. The van der Waals surface area contributed by atoms with Gasteiger partial charge in [0.25, 0.3) is 0 Å². The Morgan fingerprint density at radius 1 is 1.33 bits per heavy atom. The van der Waals surface area contributed by atoms with Crippen molar-refractivity contribution in [2.75, 3.05) is 0 Å². The van der Waals surface area contributed by atoms with Crippen molar-refractivity contribution in [3.63, 3.8) is 0 Å². The van der Waals surface area contributed by atoms with Gasteiger partial charge in [-0.2, -0.15) is 0 Å². The summed E-state index contributed by atoms with van der Waals surface area (Å²) in [6, 6.07) is 0. The number of Topliss-reactive ketones (excluding diaryl/α,β-unsaturated/α-hetero) is 1. The third-order valence-corrected chi connectivity index (χ3v) is 1.94. The van der Waals surface area contributed by atoms with Crippen LogP contribution in [0.1, 0.15) is 0 Å². The maximum atomic E-state index is 10.9. The van der Waals surface area contributed by atoms with Crippen LogP contribution in [-0.4, -0.2) is 7.93 Å². The second-order valence-electron chi connectivity index (χ2n) is 1.23. The summed E-state index contributed by atoms with van der Waals surface area (Å²) in [5, 5.41) is 0. The third-order valence-electron chi connectivity index (χ3n) is 0.504. The Labute approximate surface area is 86.8 Å². The fourth-order valence-electron chi connectivity index (χ4n) is 0.154. The number of hydrogen-bond donors (Lipinski definition) is 0. The number of alkyl halides is 3. The van der Waals surface area contributed by atoms with E-state index in [-0.39, 0.29) is 5.78 Å². The predicted molar refractivity (Wildman–Crippen MR) is 52.6 cm³/mol. The van der Waals surface area contributed by atoms with Crippen LogP contribution in [0, 0.1) is 0 Å². The van der Waals surface area contributed by atoms with Crippen molar-refractivity contribution in [1.82, 2.24) is 0 Å². The van der Waals surface area contributed by atoms with Gasteiger partial charge in [-0.05, 0) is 15.9 Å². The predicted octanol–water partition coefficient (Wildman–Crippen LogP) is 3.30. The second kappa shape index (κ2) is 3.64. The van der Waals surface area contributed by atoms with Gasteiger partial charge < -0.3 is 0 Å². The van der Waals surface area contributed by atoms with Crippen molar-refractivity contribution in [2.45, 2.75) is 2.14 Å². The fourth-order valence-corrected chi connectivity index (χ4v) is 1.97. The average Bonchev–Trinajstić information content (AvgIpc) is 1.62. The Balaban J connectivity index is 4.23. The minimum absolute atomic E-state index is 0.192. The molecule has 0 aliphatic heterocycles. The summed E-state index contributed by atoms with van der Waals surface area (Å²) in [5.41, 5.74) is 0. The van der Waals surface area contributed by atoms with E-state index in [1.54, 1.807) is 0 Å². The minimum atomic E-state index is -0.867. The van der Waals surface area contributed by atoms with Gasteiger partial charge in [-0.3, -0.25) is 4.79 Å². The van der Waals surface area contributed by atoms with Gasteiger partial charge in [-0.25, -0.2) is 0 Å². The average molecular weight is 386 g/mol. The Morgan fingerprint density at radius 3 is 1.67 bits per heavy atom. The summed E-state index contributed by atoms with van der Waals surface area (Å²) < 4.78 is -0.554. The molecule has 52 valence electrons.